The fourth-order valence-electron chi connectivity index (χ4n) is 1.38. The van der Waals surface area contributed by atoms with Gasteiger partial charge in [0.05, 0.1) is 15.5 Å². The van der Waals surface area contributed by atoms with Crippen molar-refractivity contribution in [3.8, 4) is 0 Å². The van der Waals surface area contributed by atoms with Gasteiger partial charge in [0, 0.05) is 6.54 Å². The Morgan fingerprint density at radius 1 is 1.40 bits per heavy atom. The smallest absolute Gasteiger partial charge is 0.310 e. The Kier molecular flexibility index (Phi) is 5.43. The van der Waals surface area contributed by atoms with Crippen LogP contribution in [0.2, 0.25) is 10.0 Å². The third-order valence-corrected chi connectivity index (χ3v) is 5.53. The molecule has 8 heteroatoms. The van der Waals surface area contributed by atoms with Crippen molar-refractivity contribution in [1.29, 1.82) is 0 Å². The van der Waals surface area contributed by atoms with Crippen LogP contribution in [0.15, 0.2) is 23.1 Å². The Hall–Kier alpha value is -0.820. The monoisotopic (exact) mass is 339 g/mol. The summed E-state index contributed by atoms with van der Waals surface area (Å²) in [5.74, 6) is -1.07. The highest BCUT2D eigenvalue weighted by atomic mass is 35.5. The van der Waals surface area contributed by atoms with Gasteiger partial charge in [0.2, 0.25) is 10.0 Å². The molecule has 112 valence electrons. The predicted molar refractivity (Wildman–Crippen MR) is 77.7 cm³/mol. The lowest BCUT2D eigenvalue weighted by atomic mass is 9.88. The number of carboxylic acid groups (broad SMARTS) is 1. The van der Waals surface area contributed by atoms with Crippen LogP contribution in [-0.4, -0.2) is 26.0 Å². The molecule has 1 aromatic rings. The Balaban J connectivity index is 3.02. The third kappa shape index (κ3) is 3.63. The number of carboxylic acids is 1. The van der Waals surface area contributed by atoms with Crippen LogP contribution in [0.25, 0.3) is 0 Å². The number of hydrogen-bond donors (Lipinski definition) is 2. The molecule has 0 aliphatic rings. The van der Waals surface area contributed by atoms with E-state index in [4.69, 9.17) is 28.3 Å². The van der Waals surface area contributed by atoms with Crippen molar-refractivity contribution in [3.05, 3.63) is 28.2 Å². The zero-order valence-electron chi connectivity index (χ0n) is 11.0. The molecule has 0 spiro atoms. The van der Waals surface area contributed by atoms with E-state index >= 15 is 0 Å². The molecule has 2 N–H and O–H groups in total. The zero-order valence-corrected chi connectivity index (χ0v) is 13.3. The number of carbonyl (C=O) groups is 1. The molecular formula is C12H15Cl2NO4S. The van der Waals surface area contributed by atoms with Crippen LogP contribution in [0.5, 0.6) is 0 Å². The van der Waals surface area contributed by atoms with Crippen LogP contribution >= 0.6 is 23.2 Å². The summed E-state index contributed by atoms with van der Waals surface area (Å²) in [5, 5.41) is 9.15. The third-order valence-electron chi connectivity index (χ3n) is 3.15. The molecule has 20 heavy (non-hydrogen) atoms. The van der Waals surface area contributed by atoms with Gasteiger partial charge < -0.3 is 5.11 Å². The van der Waals surface area contributed by atoms with Crippen LogP contribution in [0.1, 0.15) is 20.3 Å². The van der Waals surface area contributed by atoms with Crippen LogP contribution in [0.3, 0.4) is 0 Å². The summed E-state index contributed by atoms with van der Waals surface area (Å²) < 4.78 is 26.6. The SMILES string of the molecule is CCC(C)(CNS(=O)(=O)c1cccc(Cl)c1Cl)C(=O)O. The number of aliphatic carboxylic acids is 1. The number of benzene rings is 1. The van der Waals surface area contributed by atoms with Gasteiger partial charge in [-0.1, -0.05) is 36.2 Å². The molecule has 0 aliphatic carbocycles. The number of hydrogen-bond acceptors (Lipinski definition) is 3. The van der Waals surface area contributed by atoms with Crippen molar-refractivity contribution < 1.29 is 18.3 Å². The van der Waals surface area contributed by atoms with Crippen molar-refractivity contribution >= 4 is 39.2 Å². The van der Waals surface area contributed by atoms with Crippen molar-refractivity contribution in [2.75, 3.05) is 6.54 Å². The van der Waals surface area contributed by atoms with Crippen LogP contribution in [0, 0.1) is 5.41 Å². The van der Waals surface area contributed by atoms with Crippen LogP contribution in [0.4, 0.5) is 0 Å². The maximum atomic E-state index is 12.1. The van der Waals surface area contributed by atoms with Gasteiger partial charge in [-0.05, 0) is 25.5 Å². The molecule has 1 rings (SSSR count). The van der Waals surface area contributed by atoms with E-state index < -0.39 is 21.4 Å². The van der Waals surface area contributed by atoms with Gasteiger partial charge in [0.25, 0.3) is 0 Å². The first-order chi connectivity index (χ1) is 9.14. The molecule has 0 amide bonds. The van der Waals surface area contributed by atoms with E-state index in [1.807, 2.05) is 0 Å². The number of halogens is 2. The zero-order chi connectivity index (χ0) is 15.6. The van der Waals surface area contributed by atoms with Crippen molar-refractivity contribution in [2.24, 2.45) is 5.41 Å². The fraction of sp³-hybridized carbons (Fsp3) is 0.417. The molecule has 0 saturated carbocycles. The molecule has 0 aromatic heterocycles. The van der Waals surface area contributed by atoms with E-state index in [0.717, 1.165) is 0 Å². The second-order valence-electron chi connectivity index (χ2n) is 4.60. The Labute approximate surface area is 127 Å². The minimum Gasteiger partial charge on any atom is -0.481 e. The molecule has 1 unspecified atom stereocenters. The Morgan fingerprint density at radius 3 is 2.50 bits per heavy atom. The van der Waals surface area contributed by atoms with E-state index in [0.29, 0.717) is 0 Å². The average molecular weight is 340 g/mol. The van der Waals surface area contributed by atoms with Crippen LogP contribution in [-0.2, 0) is 14.8 Å². The molecule has 0 heterocycles. The van der Waals surface area contributed by atoms with E-state index in [9.17, 15) is 13.2 Å². The highest BCUT2D eigenvalue weighted by Crippen LogP contribution is 2.29. The normalized spacial score (nSPS) is 14.8. The molecule has 0 fully saturated rings. The number of rotatable bonds is 6. The van der Waals surface area contributed by atoms with Gasteiger partial charge in [0.1, 0.15) is 4.90 Å². The van der Waals surface area contributed by atoms with Crippen molar-refractivity contribution in [2.45, 2.75) is 25.2 Å². The average Bonchev–Trinajstić information content (AvgIpc) is 2.38. The summed E-state index contributed by atoms with van der Waals surface area (Å²) in [5.41, 5.74) is -1.18. The standard InChI is InChI=1S/C12H15Cl2NO4S/c1-3-12(2,11(16)17)7-15-20(18,19)9-6-4-5-8(13)10(9)14/h4-6,15H,3,7H2,1-2H3,(H,16,17). The fourth-order valence-corrected chi connectivity index (χ4v) is 3.30. The lowest BCUT2D eigenvalue weighted by molar-refractivity contribution is -0.147. The van der Waals surface area contributed by atoms with Crippen molar-refractivity contribution in [1.82, 2.24) is 4.72 Å². The minimum atomic E-state index is -3.92. The molecule has 0 saturated heterocycles. The molecular weight excluding hydrogens is 325 g/mol. The van der Waals surface area contributed by atoms with Gasteiger partial charge in [-0.2, -0.15) is 0 Å². The topological polar surface area (TPSA) is 83.5 Å². The molecule has 1 aromatic carbocycles. The quantitative estimate of drug-likeness (QED) is 0.834. The van der Waals surface area contributed by atoms with Crippen LogP contribution < -0.4 is 4.72 Å². The maximum absolute atomic E-state index is 12.1. The highest BCUT2D eigenvalue weighted by Gasteiger charge is 2.33. The van der Waals surface area contributed by atoms with Gasteiger partial charge in [-0.25, -0.2) is 13.1 Å². The van der Waals surface area contributed by atoms with E-state index in [2.05, 4.69) is 4.72 Å². The van der Waals surface area contributed by atoms with E-state index in [1.54, 1.807) is 6.92 Å². The van der Waals surface area contributed by atoms with Gasteiger partial charge in [-0.3, -0.25) is 4.79 Å². The summed E-state index contributed by atoms with van der Waals surface area (Å²) in [7, 11) is -3.92. The van der Waals surface area contributed by atoms with E-state index in [-0.39, 0.29) is 27.9 Å². The molecule has 1 atom stereocenters. The second kappa shape index (κ2) is 6.30. The summed E-state index contributed by atoms with van der Waals surface area (Å²) >= 11 is 11.6. The predicted octanol–water partition coefficient (Wildman–Crippen LogP) is 2.77. The van der Waals surface area contributed by atoms with Gasteiger partial charge >= 0.3 is 5.97 Å². The largest absolute Gasteiger partial charge is 0.481 e. The van der Waals surface area contributed by atoms with Gasteiger partial charge in [0.15, 0.2) is 0 Å². The highest BCUT2D eigenvalue weighted by molar-refractivity contribution is 7.89. The first-order valence-corrected chi connectivity index (χ1v) is 8.05. The first-order valence-electron chi connectivity index (χ1n) is 5.81. The lowest BCUT2D eigenvalue weighted by Gasteiger charge is -2.23. The molecule has 0 aliphatic heterocycles. The minimum absolute atomic E-state index is 0.0878. The number of sulfonamides is 1. The summed E-state index contributed by atoms with van der Waals surface area (Å²) in [6.07, 6.45) is 0.286. The second-order valence-corrected chi connectivity index (χ2v) is 7.12. The van der Waals surface area contributed by atoms with Crippen molar-refractivity contribution in [3.63, 3.8) is 0 Å². The summed E-state index contributed by atoms with van der Waals surface area (Å²) in [4.78, 5) is 11.0. The van der Waals surface area contributed by atoms with E-state index in [1.165, 1.54) is 25.1 Å². The van der Waals surface area contributed by atoms with Gasteiger partial charge in [-0.15, -0.1) is 0 Å². The molecule has 0 radical (unpaired) electrons. The lowest BCUT2D eigenvalue weighted by Crippen LogP contribution is -2.40. The Morgan fingerprint density at radius 2 is 2.00 bits per heavy atom. The summed E-state index contributed by atoms with van der Waals surface area (Å²) in [6, 6.07) is 4.23. The number of nitrogens with one attached hydrogen (secondary N) is 1. The molecule has 0 bridgehead atoms. The summed E-state index contributed by atoms with van der Waals surface area (Å²) in [6.45, 7) is 2.91. The molecule has 5 nitrogen and oxygen atoms in total. The maximum Gasteiger partial charge on any atom is 0.310 e. The first kappa shape index (κ1) is 17.2. The Bertz CT molecular complexity index is 618.